The predicted octanol–water partition coefficient (Wildman–Crippen LogP) is 1.77. The summed E-state index contributed by atoms with van der Waals surface area (Å²) in [4.78, 5) is 25.2. The number of likely N-dealkylation sites (tertiary alicyclic amines) is 1. The van der Waals surface area contributed by atoms with Crippen LogP contribution in [0.3, 0.4) is 0 Å². The highest BCUT2D eigenvalue weighted by Crippen LogP contribution is 2.31. The van der Waals surface area contributed by atoms with Crippen LogP contribution in [0.1, 0.15) is 30.1 Å². The van der Waals surface area contributed by atoms with Gasteiger partial charge < -0.3 is 14.7 Å². The smallest absolute Gasteiger partial charge is 0.329 e. The van der Waals surface area contributed by atoms with Crippen molar-refractivity contribution in [3.8, 4) is 5.75 Å². The van der Waals surface area contributed by atoms with Crippen LogP contribution in [0.5, 0.6) is 5.75 Å². The maximum absolute atomic E-state index is 12.4. The number of carboxylic acid groups (broad SMARTS) is 1. The fourth-order valence-corrected chi connectivity index (χ4v) is 2.40. The predicted molar refractivity (Wildman–Crippen MR) is 69.3 cm³/mol. The summed E-state index contributed by atoms with van der Waals surface area (Å²) in [5.41, 5.74) is -0.619. The van der Waals surface area contributed by atoms with E-state index in [1.54, 1.807) is 38.3 Å². The molecule has 1 aliphatic rings. The highest BCUT2D eigenvalue weighted by atomic mass is 16.5. The number of ether oxygens (including phenoxy) is 1. The zero-order chi connectivity index (χ0) is 14.0. The van der Waals surface area contributed by atoms with Gasteiger partial charge in [-0.15, -0.1) is 0 Å². The lowest BCUT2D eigenvalue weighted by molar-refractivity contribution is -0.147. The number of carbonyl (C=O) groups is 2. The summed E-state index contributed by atoms with van der Waals surface area (Å²) in [5.74, 6) is -0.532. The van der Waals surface area contributed by atoms with E-state index in [9.17, 15) is 14.7 Å². The molecule has 1 atom stereocenters. The van der Waals surface area contributed by atoms with Gasteiger partial charge in [-0.2, -0.15) is 0 Å². The standard InChI is InChI=1S/C14H17NO4/c1-14(13(17)18)8-3-9-15(14)12(16)10-4-6-11(19-2)7-5-10/h4-7H,3,8-9H2,1-2H3,(H,17,18). The molecule has 1 amide bonds. The number of carboxylic acids is 1. The maximum Gasteiger partial charge on any atom is 0.329 e. The number of benzene rings is 1. The minimum Gasteiger partial charge on any atom is -0.497 e. The Morgan fingerprint density at radius 3 is 2.47 bits per heavy atom. The molecule has 1 saturated heterocycles. The van der Waals surface area contributed by atoms with Gasteiger partial charge in [-0.25, -0.2) is 4.79 Å². The summed E-state index contributed by atoms with van der Waals surface area (Å²) in [7, 11) is 1.55. The summed E-state index contributed by atoms with van der Waals surface area (Å²) < 4.78 is 5.03. The molecule has 1 aromatic carbocycles. The lowest BCUT2D eigenvalue weighted by atomic mass is 9.98. The number of amides is 1. The first-order chi connectivity index (χ1) is 8.99. The van der Waals surface area contributed by atoms with Gasteiger partial charge >= 0.3 is 5.97 Å². The third-order valence-corrected chi connectivity index (χ3v) is 3.68. The number of hydrogen-bond donors (Lipinski definition) is 1. The van der Waals surface area contributed by atoms with E-state index in [1.807, 2.05) is 0 Å². The first kappa shape index (κ1) is 13.4. The summed E-state index contributed by atoms with van der Waals surface area (Å²) in [6.07, 6.45) is 1.20. The van der Waals surface area contributed by atoms with Crippen LogP contribution >= 0.6 is 0 Å². The third-order valence-electron chi connectivity index (χ3n) is 3.68. The van der Waals surface area contributed by atoms with Crippen molar-refractivity contribution in [2.45, 2.75) is 25.3 Å². The molecule has 1 fully saturated rings. The van der Waals surface area contributed by atoms with E-state index in [1.165, 1.54) is 4.90 Å². The van der Waals surface area contributed by atoms with E-state index >= 15 is 0 Å². The van der Waals surface area contributed by atoms with Gasteiger partial charge in [-0.1, -0.05) is 0 Å². The van der Waals surface area contributed by atoms with Crippen LogP contribution in [-0.2, 0) is 4.79 Å². The molecule has 0 aromatic heterocycles. The van der Waals surface area contributed by atoms with Crippen molar-refractivity contribution in [1.82, 2.24) is 4.90 Å². The first-order valence-corrected chi connectivity index (χ1v) is 6.18. The van der Waals surface area contributed by atoms with E-state index in [-0.39, 0.29) is 5.91 Å². The average Bonchev–Trinajstić information content (AvgIpc) is 2.81. The molecule has 1 unspecified atom stereocenters. The largest absolute Gasteiger partial charge is 0.497 e. The monoisotopic (exact) mass is 263 g/mol. The molecule has 1 aromatic rings. The van der Waals surface area contributed by atoms with E-state index in [0.29, 0.717) is 30.7 Å². The fourth-order valence-electron chi connectivity index (χ4n) is 2.40. The Labute approximate surface area is 111 Å². The van der Waals surface area contributed by atoms with Gasteiger partial charge in [0.2, 0.25) is 0 Å². The second kappa shape index (κ2) is 4.91. The minimum absolute atomic E-state index is 0.245. The van der Waals surface area contributed by atoms with Crippen LogP contribution < -0.4 is 4.74 Å². The van der Waals surface area contributed by atoms with E-state index in [4.69, 9.17) is 4.74 Å². The van der Waals surface area contributed by atoms with Crippen molar-refractivity contribution in [3.05, 3.63) is 29.8 Å². The van der Waals surface area contributed by atoms with Crippen LogP contribution in [0, 0.1) is 0 Å². The van der Waals surface area contributed by atoms with Crippen LogP contribution in [0.25, 0.3) is 0 Å². The number of aliphatic carboxylic acids is 1. The van der Waals surface area contributed by atoms with Crippen molar-refractivity contribution in [2.24, 2.45) is 0 Å². The summed E-state index contributed by atoms with van der Waals surface area (Å²) in [5, 5.41) is 9.31. The SMILES string of the molecule is COc1ccc(C(=O)N2CCCC2(C)C(=O)O)cc1. The van der Waals surface area contributed by atoms with Crippen molar-refractivity contribution in [3.63, 3.8) is 0 Å². The van der Waals surface area contributed by atoms with Crippen LogP contribution in [0.15, 0.2) is 24.3 Å². The number of rotatable bonds is 3. The fraction of sp³-hybridized carbons (Fsp3) is 0.429. The molecule has 102 valence electrons. The number of carbonyl (C=O) groups excluding carboxylic acids is 1. The van der Waals surface area contributed by atoms with Gasteiger partial charge in [-0.05, 0) is 44.0 Å². The molecule has 0 bridgehead atoms. The molecular formula is C14H17NO4. The van der Waals surface area contributed by atoms with Crippen LogP contribution in [0.4, 0.5) is 0 Å². The minimum atomic E-state index is -1.10. The van der Waals surface area contributed by atoms with E-state index < -0.39 is 11.5 Å². The topological polar surface area (TPSA) is 66.8 Å². The van der Waals surface area contributed by atoms with Crippen LogP contribution in [0.2, 0.25) is 0 Å². The van der Waals surface area contributed by atoms with Gasteiger partial charge in [0.25, 0.3) is 5.91 Å². The second-order valence-electron chi connectivity index (χ2n) is 4.87. The van der Waals surface area contributed by atoms with Crippen molar-refractivity contribution < 1.29 is 19.4 Å². The molecule has 0 radical (unpaired) electrons. The van der Waals surface area contributed by atoms with Gasteiger partial charge in [0.05, 0.1) is 7.11 Å². The highest BCUT2D eigenvalue weighted by molar-refractivity contribution is 5.98. The Morgan fingerprint density at radius 1 is 1.32 bits per heavy atom. The van der Waals surface area contributed by atoms with Gasteiger partial charge in [0, 0.05) is 12.1 Å². The summed E-state index contributed by atoms with van der Waals surface area (Å²) in [6.45, 7) is 2.08. The molecule has 0 aliphatic carbocycles. The van der Waals surface area contributed by atoms with Gasteiger partial charge in [0.15, 0.2) is 0 Å². The normalized spacial score (nSPS) is 22.3. The lowest BCUT2D eigenvalue weighted by Crippen LogP contribution is -2.50. The zero-order valence-electron chi connectivity index (χ0n) is 11.0. The summed E-state index contributed by atoms with van der Waals surface area (Å²) in [6, 6.07) is 6.70. The molecule has 1 aliphatic heterocycles. The molecule has 2 rings (SSSR count). The van der Waals surface area contributed by atoms with Crippen molar-refractivity contribution >= 4 is 11.9 Å². The number of nitrogens with zero attached hydrogens (tertiary/aromatic N) is 1. The Bertz CT molecular complexity index is 497. The first-order valence-electron chi connectivity index (χ1n) is 6.18. The van der Waals surface area contributed by atoms with E-state index in [2.05, 4.69) is 0 Å². The lowest BCUT2D eigenvalue weighted by Gasteiger charge is -2.31. The Kier molecular flexibility index (Phi) is 3.46. The quantitative estimate of drug-likeness (QED) is 0.902. The molecule has 19 heavy (non-hydrogen) atoms. The zero-order valence-corrected chi connectivity index (χ0v) is 11.0. The molecule has 5 nitrogen and oxygen atoms in total. The Balaban J connectivity index is 2.25. The molecule has 0 spiro atoms. The van der Waals surface area contributed by atoms with E-state index in [0.717, 1.165) is 0 Å². The number of hydrogen-bond acceptors (Lipinski definition) is 3. The Morgan fingerprint density at radius 2 is 1.95 bits per heavy atom. The number of methoxy groups -OCH3 is 1. The van der Waals surface area contributed by atoms with Crippen molar-refractivity contribution in [1.29, 1.82) is 0 Å². The van der Waals surface area contributed by atoms with Gasteiger partial charge in [-0.3, -0.25) is 4.79 Å². The molecule has 1 heterocycles. The molecule has 0 saturated carbocycles. The van der Waals surface area contributed by atoms with Crippen molar-refractivity contribution in [2.75, 3.05) is 13.7 Å². The van der Waals surface area contributed by atoms with Crippen LogP contribution in [-0.4, -0.2) is 41.1 Å². The second-order valence-corrected chi connectivity index (χ2v) is 4.87. The van der Waals surface area contributed by atoms with Gasteiger partial charge in [0.1, 0.15) is 11.3 Å². The molecule has 5 heteroatoms. The Hall–Kier alpha value is -2.04. The highest BCUT2D eigenvalue weighted by Gasteiger charge is 2.46. The average molecular weight is 263 g/mol. The third kappa shape index (κ3) is 2.28. The summed E-state index contributed by atoms with van der Waals surface area (Å²) >= 11 is 0. The molecule has 1 N–H and O–H groups in total. The molecular weight excluding hydrogens is 246 g/mol. The maximum atomic E-state index is 12.4.